The van der Waals surface area contributed by atoms with Crippen LogP contribution in [0.3, 0.4) is 0 Å². The zero-order valence-electron chi connectivity index (χ0n) is 10.1. The Hall–Kier alpha value is -2.29. The Morgan fingerprint density at radius 2 is 2.16 bits per heavy atom. The number of nitrogens with zero attached hydrogens (tertiary/aromatic N) is 4. The van der Waals surface area contributed by atoms with E-state index in [9.17, 15) is 14.9 Å². The number of carboxylic acid groups (broad SMARTS) is 1. The number of nitro groups is 1. The monoisotopic (exact) mass is 268 g/mol. The van der Waals surface area contributed by atoms with Crippen LogP contribution in [0.1, 0.15) is 6.92 Å². The van der Waals surface area contributed by atoms with E-state index in [4.69, 9.17) is 9.84 Å². The fourth-order valence-electron chi connectivity index (χ4n) is 1.80. The molecule has 9 nitrogen and oxygen atoms in total. The predicted molar refractivity (Wildman–Crippen MR) is 62.9 cm³/mol. The van der Waals surface area contributed by atoms with Gasteiger partial charge in [0.25, 0.3) is 0 Å². The van der Waals surface area contributed by atoms with Crippen molar-refractivity contribution < 1.29 is 19.6 Å². The SMILES string of the molecule is CC1(OCC(=O)O)CN(c2ncc([N+](=O)[O-])cn2)C1. The number of carboxylic acids is 1. The van der Waals surface area contributed by atoms with Crippen LogP contribution in [-0.2, 0) is 9.53 Å². The van der Waals surface area contributed by atoms with E-state index in [0.717, 1.165) is 12.4 Å². The van der Waals surface area contributed by atoms with Crippen molar-refractivity contribution in [1.82, 2.24) is 9.97 Å². The fourth-order valence-corrected chi connectivity index (χ4v) is 1.80. The normalized spacial score (nSPS) is 16.8. The van der Waals surface area contributed by atoms with Crippen molar-refractivity contribution in [1.29, 1.82) is 0 Å². The predicted octanol–water partition coefficient (Wildman–Crippen LogP) is 0.0647. The molecule has 0 radical (unpaired) electrons. The van der Waals surface area contributed by atoms with Crippen LogP contribution >= 0.6 is 0 Å². The summed E-state index contributed by atoms with van der Waals surface area (Å²) in [6, 6.07) is 0. The largest absolute Gasteiger partial charge is 0.480 e. The Balaban J connectivity index is 1.92. The number of rotatable bonds is 5. The second kappa shape index (κ2) is 4.76. The number of hydrogen-bond acceptors (Lipinski definition) is 7. The summed E-state index contributed by atoms with van der Waals surface area (Å²) in [4.78, 5) is 29.8. The first-order chi connectivity index (χ1) is 8.89. The van der Waals surface area contributed by atoms with Crippen molar-refractivity contribution in [3.05, 3.63) is 22.5 Å². The summed E-state index contributed by atoms with van der Waals surface area (Å²) in [5, 5.41) is 19.0. The first-order valence-corrected chi connectivity index (χ1v) is 5.47. The third kappa shape index (κ3) is 2.94. The molecular formula is C10H12N4O5. The third-order valence-corrected chi connectivity index (χ3v) is 2.71. The van der Waals surface area contributed by atoms with E-state index in [2.05, 4.69) is 9.97 Å². The van der Waals surface area contributed by atoms with E-state index < -0.39 is 16.5 Å². The van der Waals surface area contributed by atoms with Gasteiger partial charge in [-0.2, -0.15) is 0 Å². The fraction of sp³-hybridized carbons (Fsp3) is 0.500. The van der Waals surface area contributed by atoms with Gasteiger partial charge in [0.15, 0.2) is 0 Å². The average Bonchev–Trinajstić information content (AvgIpc) is 2.33. The zero-order chi connectivity index (χ0) is 14.0. The van der Waals surface area contributed by atoms with Gasteiger partial charge in [-0.15, -0.1) is 0 Å². The quantitative estimate of drug-likeness (QED) is 0.588. The third-order valence-electron chi connectivity index (χ3n) is 2.71. The summed E-state index contributed by atoms with van der Waals surface area (Å²) < 4.78 is 5.24. The molecule has 0 atom stereocenters. The number of aliphatic carboxylic acids is 1. The molecule has 1 aromatic rings. The molecule has 19 heavy (non-hydrogen) atoms. The van der Waals surface area contributed by atoms with Crippen LogP contribution in [0.4, 0.5) is 11.6 Å². The molecule has 0 spiro atoms. The van der Waals surface area contributed by atoms with Crippen LogP contribution in [0.2, 0.25) is 0 Å². The van der Waals surface area contributed by atoms with E-state index in [1.807, 2.05) is 0 Å². The van der Waals surface area contributed by atoms with Gasteiger partial charge in [0.2, 0.25) is 5.95 Å². The van der Waals surface area contributed by atoms with Gasteiger partial charge in [-0.1, -0.05) is 0 Å². The molecule has 0 saturated carbocycles. The van der Waals surface area contributed by atoms with E-state index in [0.29, 0.717) is 19.0 Å². The highest BCUT2D eigenvalue weighted by Gasteiger charge is 2.41. The summed E-state index contributed by atoms with van der Waals surface area (Å²) in [5.41, 5.74) is -0.724. The highest BCUT2D eigenvalue weighted by molar-refractivity contribution is 5.68. The number of hydrogen-bond donors (Lipinski definition) is 1. The second-order valence-electron chi connectivity index (χ2n) is 4.49. The molecule has 9 heteroatoms. The Morgan fingerprint density at radius 1 is 1.58 bits per heavy atom. The van der Waals surface area contributed by atoms with Crippen molar-refractivity contribution in [2.75, 3.05) is 24.6 Å². The number of aromatic nitrogens is 2. The highest BCUT2D eigenvalue weighted by Crippen LogP contribution is 2.28. The lowest BCUT2D eigenvalue weighted by Gasteiger charge is -2.47. The van der Waals surface area contributed by atoms with Gasteiger partial charge >= 0.3 is 11.7 Å². The van der Waals surface area contributed by atoms with Gasteiger partial charge in [-0.05, 0) is 6.92 Å². The molecule has 2 heterocycles. The van der Waals surface area contributed by atoms with Crippen molar-refractivity contribution in [2.24, 2.45) is 0 Å². The van der Waals surface area contributed by atoms with E-state index in [1.54, 1.807) is 11.8 Å². The van der Waals surface area contributed by atoms with Crippen LogP contribution in [-0.4, -0.2) is 51.3 Å². The maximum Gasteiger partial charge on any atom is 0.329 e. The Bertz CT molecular complexity index is 497. The van der Waals surface area contributed by atoms with Crippen LogP contribution in [0.15, 0.2) is 12.4 Å². The summed E-state index contributed by atoms with van der Waals surface area (Å²) in [6.45, 7) is 2.32. The Morgan fingerprint density at radius 3 is 2.63 bits per heavy atom. The zero-order valence-corrected chi connectivity index (χ0v) is 10.1. The molecule has 0 bridgehead atoms. The average molecular weight is 268 g/mol. The Kier molecular flexibility index (Phi) is 3.30. The van der Waals surface area contributed by atoms with Gasteiger partial charge < -0.3 is 14.7 Å². The van der Waals surface area contributed by atoms with Gasteiger partial charge in [-0.3, -0.25) is 10.1 Å². The lowest BCUT2D eigenvalue weighted by molar-refractivity contribution is -0.385. The number of anilines is 1. The molecule has 0 amide bonds. The molecule has 102 valence electrons. The molecule has 2 rings (SSSR count). The van der Waals surface area contributed by atoms with Crippen molar-refractivity contribution >= 4 is 17.6 Å². The molecule has 1 saturated heterocycles. The topological polar surface area (TPSA) is 119 Å². The van der Waals surface area contributed by atoms with E-state index in [-0.39, 0.29) is 12.3 Å². The summed E-state index contributed by atoms with van der Waals surface area (Å²) >= 11 is 0. The van der Waals surface area contributed by atoms with Crippen LogP contribution in [0.25, 0.3) is 0 Å². The lowest BCUT2D eigenvalue weighted by atomic mass is 9.97. The molecule has 0 unspecified atom stereocenters. The maximum absolute atomic E-state index is 10.5. The van der Waals surface area contributed by atoms with Gasteiger partial charge in [0, 0.05) is 0 Å². The Labute approximate surface area is 108 Å². The molecule has 1 aliphatic heterocycles. The number of carbonyl (C=O) groups is 1. The smallest absolute Gasteiger partial charge is 0.329 e. The summed E-state index contributed by atoms with van der Waals surface area (Å²) in [6.07, 6.45) is 2.27. The van der Waals surface area contributed by atoms with Crippen LogP contribution < -0.4 is 4.90 Å². The molecule has 0 aliphatic carbocycles. The molecule has 1 N–H and O–H groups in total. The maximum atomic E-state index is 10.5. The molecule has 1 aromatic heterocycles. The van der Waals surface area contributed by atoms with Crippen molar-refractivity contribution in [3.63, 3.8) is 0 Å². The lowest BCUT2D eigenvalue weighted by Crippen LogP contribution is -2.62. The van der Waals surface area contributed by atoms with Crippen molar-refractivity contribution in [3.8, 4) is 0 Å². The first-order valence-electron chi connectivity index (χ1n) is 5.47. The number of ether oxygens (including phenoxy) is 1. The van der Waals surface area contributed by atoms with Crippen molar-refractivity contribution in [2.45, 2.75) is 12.5 Å². The summed E-state index contributed by atoms with van der Waals surface area (Å²) in [5.74, 6) is -0.659. The summed E-state index contributed by atoms with van der Waals surface area (Å²) in [7, 11) is 0. The molecule has 0 aromatic carbocycles. The van der Waals surface area contributed by atoms with E-state index in [1.165, 1.54) is 0 Å². The minimum absolute atomic E-state index is 0.172. The standard InChI is InChI=1S/C10H12N4O5/c1-10(19-4-8(15)16)5-13(6-10)9-11-2-7(3-12-9)14(17)18/h2-3H,4-6H2,1H3,(H,15,16). The van der Waals surface area contributed by atoms with Crippen LogP contribution in [0.5, 0.6) is 0 Å². The van der Waals surface area contributed by atoms with Gasteiger partial charge in [0.1, 0.15) is 24.6 Å². The van der Waals surface area contributed by atoms with E-state index >= 15 is 0 Å². The molecular weight excluding hydrogens is 256 g/mol. The van der Waals surface area contributed by atoms with Gasteiger partial charge in [-0.25, -0.2) is 14.8 Å². The minimum atomic E-state index is -1.02. The first kappa shape index (κ1) is 13.1. The minimum Gasteiger partial charge on any atom is -0.480 e. The molecule has 1 fully saturated rings. The molecule has 1 aliphatic rings. The second-order valence-corrected chi connectivity index (χ2v) is 4.49. The highest BCUT2D eigenvalue weighted by atomic mass is 16.6. The van der Waals surface area contributed by atoms with Gasteiger partial charge in [0.05, 0.1) is 18.0 Å². The van der Waals surface area contributed by atoms with Crippen LogP contribution in [0, 0.1) is 10.1 Å².